The van der Waals surface area contributed by atoms with Crippen molar-refractivity contribution in [1.29, 1.82) is 0 Å². The maximum Gasteiger partial charge on any atom is 0.341 e. The number of nitrogens with zero attached hydrogens (tertiary/aromatic N) is 2. The van der Waals surface area contributed by atoms with Gasteiger partial charge in [0.05, 0.1) is 16.6 Å². The quantitative estimate of drug-likeness (QED) is 0.256. The van der Waals surface area contributed by atoms with E-state index in [9.17, 15) is 24.5 Å². The van der Waals surface area contributed by atoms with Crippen LogP contribution in [-0.2, 0) is 14.3 Å². The third-order valence-corrected chi connectivity index (χ3v) is 7.65. The first kappa shape index (κ1) is 25.2. The molecule has 1 unspecified atom stereocenters. The molecule has 9 nitrogen and oxygen atoms in total. The molecular weight excluding hydrogens is 474 g/mol. The molecule has 1 amide bonds. The van der Waals surface area contributed by atoms with Gasteiger partial charge in [0.2, 0.25) is 11.7 Å². The topological polar surface area (TPSA) is 119 Å². The van der Waals surface area contributed by atoms with Crippen LogP contribution in [0.15, 0.2) is 17.7 Å². The molecule has 10 heteroatoms. The van der Waals surface area contributed by atoms with Gasteiger partial charge in [-0.15, -0.1) is 0 Å². The van der Waals surface area contributed by atoms with Crippen molar-refractivity contribution < 1.29 is 24.0 Å². The minimum Gasteiger partial charge on any atom is -0.462 e. The monoisotopic (exact) mass is 503 g/mol. The summed E-state index contributed by atoms with van der Waals surface area (Å²) >= 11 is 6.91. The lowest BCUT2D eigenvalue weighted by atomic mass is 9.79. The molecular formula is C25H30ClN3O6. The lowest BCUT2D eigenvalue weighted by molar-refractivity contribution is -0.384. The fourth-order valence-corrected chi connectivity index (χ4v) is 5.83. The lowest BCUT2D eigenvalue weighted by Crippen LogP contribution is -2.49. The van der Waals surface area contributed by atoms with E-state index in [1.54, 1.807) is 13.0 Å². The number of hydrogen-bond acceptors (Lipinski definition) is 7. The number of benzene rings is 1. The van der Waals surface area contributed by atoms with Gasteiger partial charge in [0.25, 0.3) is 5.69 Å². The highest BCUT2D eigenvalue weighted by Crippen LogP contribution is 2.53. The Hall–Kier alpha value is -2.94. The van der Waals surface area contributed by atoms with Crippen molar-refractivity contribution in [3.8, 4) is 0 Å². The molecule has 1 saturated heterocycles. The summed E-state index contributed by atoms with van der Waals surface area (Å²) in [5.41, 5.74) is 0.0924. The fourth-order valence-electron chi connectivity index (χ4n) is 5.38. The van der Waals surface area contributed by atoms with E-state index < -0.39 is 22.2 Å². The van der Waals surface area contributed by atoms with Crippen molar-refractivity contribution in [3.05, 3.63) is 44.0 Å². The van der Waals surface area contributed by atoms with Gasteiger partial charge in [0, 0.05) is 49.0 Å². The average Bonchev–Trinajstić information content (AvgIpc) is 3.48. The SMILES string of the molecule is CCOC(=O)C1=CC(C2CC2)c2c(cc([N+](=O)[O-])c(N3CC[C@H](C(C)(C)NC(C)=O)C3)c2Cl)C1=O. The number of hydrogen-bond donors (Lipinski definition) is 1. The molecule has 0 bridgehead atoms. The molecule has 0 radical (unpaired) electrons. The van der Waals surface area contributed by atoms with E-state index in [0.717, 1.165) is 19.3 Å². The van der Waals surface area contributed by atoms with Gasteiger partial charge in [0.15, 0.2) is 0 Å². The number of anilines is 1. The van der Waals surface area contributed by atoms with Crippen molar-refractivity contribution in [2.45, 2.75) is 58.4 Å². The van der Waals surface area contributed by atoms with Crippen LogP contribution in [0.4, 0.5) is 11.4 Å². The summed E-state index contributed by atoms with van der Waals surface area (Å²) in [6, 6.07) is 1.27. The van der Waals surface area contributed by atoms with Crippen molar-refractivity contribution in [2.24, 2.45) is 11.8 Å². The molecule has 1 aromatic rings. The summed E-state index contributed by atoms with van der Waals surface area (Å²) in [6.45, 7) is 8.12. The summed E-state index contributed by atoms with van der Waals surface area (Å²) in [5, 5.41) is 15.3. The molecule has 2 atom stereocenters. The first-order valence-electron chi connectivity index (χ1n) is 11.9. The van der Waals surface area contributed by atoms with E-state index >= 15 is 0 Å². The maximum atomic E-state index is 13.3. The zero-order valence-corrected chi connectivity index (χ0v) is 21.1. The number of amides is 1. The molecule has 1 saturated carbocycles. The van der Waals surface area contributed by atoms with Crippen LogP contribution in [0.3, 0.4) is 0 Å². The Morgan fingerprint density at radius 1 is 1.31 bits per heavy atom. The number of fused-ring (bicyclic) bond motifs is 1. The van der Waals surface area contributed by atoms with Crippen LogP contribution >= 0.6 is 11.6 Å². The predicted octanol–water partition coefficient (Wildman–Crippen LogP) is 4.17. The molecule has 0 spiro atoms. The van der Waals surface area contributed by atoms with E-state index in [2.05, 4.69) is 5.32 Å². The number of allylic oxidation sites excluding steroid dienone is 1. The summed E-state index contributed by atoms with van der Waals surface area (Å²) in [4.78, 5) is 50.9. The zero-order chi connectivity index (χ0) is 25.7. The number of nitro groups is 1. The first-order valence-corrected chi connectivity index (χ1v) is 12.3. The molecule has 1 aromatic carbocycles. The molecule has 2 aliphatic carbocycles. The highest BCUT2D eigenvalue weighted by atomic mass is 35.5. The third-order valence-electron chi connectivity index (χ3n) is 7.27. The van der Waals surface area contributed by atoms with Crippen molar-refractivity contribution in [1.82, 2.24) is 5.32 Å². The minimum atomic E-state index is -0.723. The van der Waals surface area contributed by atoms with Crippen molar-refractivity contribution >= 4 is 40.6 Å². The van der Waals surface area contributed by atoms with Crippen LogP contribution in [-0.4, -0.2) is 47.8 Å². The standard InChI is InChI=1S/C25H30ClN3O6/c1-5-35-24(32)18-10-16(14-6-7-14)20-17(23(18)31)11-19(29(33)34)22(21(20)26)28-9-8-15(12-28)25(3,4)27-13(2)30/h10-11,14-16H,5-9,12H2,1-4H3,(H,27,30)/t15-,16?/m0/s1. The average molecular weight is 504 g/mol. The van der Waals surface area contributed by atoms with Gasteiger partial charge in [-0.1, -0.05) is 17.7 Å². The number of carbonyl (C=O) groups excluding carboxylic acids is 3. The highest BCUT2D eigenvalue weighted by Gasteiger charge is 2.44. The van der Waals surface area contributed by atoms with Gasteiger partial charge in [-0.25, -0.2) is 4.79 Å². The lowest BCUT2D eigenvalue weighted by Gasteiger charge is -2.33. The van der Waals surface area contributed by atoms with E-state index in [0.29, 0.717) is 24.3 Å². The first-order chi connectivity index (χ1) is 16.5. The number of nitrogens with one attached hydrogen (secondary N) is 1. The number of ketones is 1. The Kier molecular flexibility index (Phi) is 6.66. The van der Waals surface area contributed by atoms with Crippen LogP contribution in [0.5, 0.6) is 0 Å². The third kappa shape index (κ3) is 4.66. The molecule has 1 heterocycles. The number of halogens is 1. The van der Waals surface area contributed by atoms with Gasteiger partial charge in [-0.05, 0) is 51.5 Å². The van der Waals surface area contributed by atoms with Gasteiger partial charge in [-0.2, -0.15) is 0 Å². The molecule has 188 valence electrons. The maximum absolute atomic E-state index is 13.3. The molecule has 2 fully saturated rings. The van der Waals surface area contributed by atoms with Crippen LogP contribution in [0.25, 0.3) is 0 Å². The van der Waals surface area contributed by atoms with Crippen LogP contribution in [0.1, 0.15) is 68.8 Å². The second-order valence-corrected chi connectivity index (χ2v) is 10.5. The van der Waals surface area contributed by atoms with Crippen molar-refractivity contribution in [2.75, 3.05) is 24.6 Å². The molecule has 1 aliphatic heterocycles. The molecule has 1 N–H and O–H groups in total. The zero-order valence-electron chi connectivity index (χ0n) is 20.4. The Morgan fingerprint density at radius 3 is 2.57 bits per heavy atom. The van der Waals surface area contributed by atoms with Gasteiger partial charge < -0.3 is 15.0 Å². The highest BCUT2D eigenvalue weighted by molar-refractivity contribution is 6.36. The summed E-state index contributed by atoms with van der Waals surface area (Å²) in [6.07, 6.45) is 4.19. The van der Waals surface area contributed by atoms with Crippen LogP contribution in [0.2, 0.25) is 5.02 Å². The summed E-state index contributed by atoms with van der Waals surface area (Å²) in [5.74, 6) is -1.49. The predicted molar refractivity (Wildman–Crippen MR) is 131 cm³/mol. The Labute approximate surface area is 209 Å². The van der Waals surface area contributed by atoms with Gasteiger partial charge in [-0.3, -0.25) is 19.7 Å². The van der Waals surface area contributed by atoms with Gasteiger partial charge in [0.1, 0.15) is 11.3 Å². The summed E-state index contributed by atoms with van der Waals surface area (Å²) < 4.78 is 5.07. The van der Waals surface area contributed by atoms with Crippen molar-refractivity contribution in [3.63, 3.8) is 0 Å². The van der Waals surface area contributed by atoms with Gasteiger partial charge >= 0.3 is 5.97 Å². The number of rotatable bonds is 7. The summed E-state index contributed by atoms with van der Waals surface area (Å²) in [7, 11) is 0. The fraction of sp³-hybridized carbons (Fsp3) is 0.560. The van der Waals surface area contributed by atoms with E-state index in [1.165, 1.54) is 13.0 Å². The normalized spacial score (nSPS) is 21.9. The van der Waals surface area contributed by atoms with Crippen LogP contribution < -0.4 is 10.2 Å². The number of esters is 1. The number of Topliss-reactive ketones (excluding diaryl/α,β-unsaturated/α-hetero) is 1. The second kappa shape index (κ2) is 9.26. The Balaban J connectivity index is 1.79. The Morgan fingerprint density at radius 2 is 2.00 bits per heavy atom. The molecule has 0 aromatic heterocycles. The van der Waals surface area contributed by atoms with E-state index in [4.69, 9.17) is 16.3 Å². The number of nitro benzene ring substituents is 1. The van der Waals surface area contributed by atoms with E-state index in [-0.39, 0.29) is 52.1 Å². The second-order valence-electron chi connectivity index (χ2n) is 10.1. The van der Waals surface area contributed by atoms with E-state index in [1.807, 2.05) is 18.7 Å². The molecule has 4 rings (SSSR count). The number of ether oxygens (including phenoxy) is 1. The molecule has 35 heavy (non-hydrogen) atoms. The largest absolute Gasteiger partial charge is 0.462 e. The molecule has 3 aliphatic rings. The minimum absolute atomic E-state index is 0.0503. The number of carbonyl (C=O) groups is 3. The smallest absolute Gasteiger partial charge is 0.341 e. The van der Waals surface area contributed by atoms with Crippen LogP contribution in [0, 0.1) is 22.0 Å². The Bertz CT molecular complexity index is 1140.